The number of halogens is 1. The molecule has 2 aromatic carbocycles. The smallest absolute Gasteiger partial charge is 0.0753 e. The number of nitrogens with two attached hydrogens (primary N) is 1. The highest BCUT2D eigenvalue weighted by molar-refractivity contribution is 6.31. The third kappa shape index (κ3) is 2.28. The van der Waals surface area contributed by atoms with Crippen molar-refractivity contribution in [1.82, 2.24) is 4.98 Å². The summed E-state index contributed by atoms with van der Waals surface area (Å²) >= 11 is 6.33. The van der Waals surface area contributed by atoms with E-state index < -0.39 is 0 Å². The second-order valence-electron chi connectivity index (χ2n) is 4.92. The predicted octanol–water partition coefficient (Wildman–Crippen LogP) is 4.24. The summed E-state index contributed by atoms with van der Waals surface area (Å²) in [6.07, 6.45) is 1.79. The Hall–Kier alpha value is -1.90. The molecule has 3 aromatic rings. The topological polar surface area (TPSA) is 38.9 Å². The Labute approximate surface area is 123 Å². The fourth-order valence-corrected chi connectivity index (χ4v) is 2.78. The monoisotopic (exact) mass is 282 g/mol. The van der Waals surface area contributed by atoms with Crippen molar-refractivity contribution in [2.24, 2.45) is 5.73 Å². The average molecular weight is 283 g/mol. The van der Waals surface area contributed by atoms with Crippen LogP contribution in [-0.2, 0) is 0 Å². The lowest BCUT2D eigenvalue weighted by atomic mass is 9.96. The first kappa shape index (κ1) is 13.1. The van der Waals surface area contributed by atoms with Gasteiger partial charge in [0.15, 0.2) is 0 Å². The maximum atomic E-state index is 6.41. The molecule has 0 spiro atoms. The van der Waals surface area contributed by atoms with Crippen LogP contribution in [0.4, 0.5) is 0 Å². The lowest BCUT2D eigenvalue weighted by Gasteiger charge is -2.16. The summed E-state index contributed by atoms with van der Waals surface area (Å²) in [5, 5.41) is 1.79. The van der Waals surface area contributed by atoms with Gasteiger partial charge in [-0.25, -0.2) is 0 Å². The van der Waals surface area contributed by atoms with E-state index in [4.69, 9.17) is 17.3 Å². The molecule has 0 fully saturated rings. The Bertz CT molecular complexity index is 763. The molecule has 0 aliphatic carbocycles. The van der Waals surface area contributed by atoms with E-state index in [1.807, 2.05) is 55.5 Å². The average Bonchev–Trinajstić information content (AvgIpc) is 2.46. The van der Waals surface area contributed by atoms with E-state index >= 15 is 0 Å². The van der Waals surface area contributed by atoms with Crippen LogP contribution < -0.4 is 5.73 Å². The van der Waals surface area contributed by atoms with E-state index in [9.17, 15) is 0 Å². The van der Waals surface area contributed by atoms with Gasteiger partial charge in [0.25, 0.3) is 0 Å². The van der Waals surface area contributed by atoms with Crippen LogP contribution in [0, 0.1) is 6.92 Å². The van der Waals surface area contributed by atoms with E-state index in [-0.39, 0.29) is 6.04 Å². The van der Waals surface area contributed by atoms with E-state index in [1.165, 1.54) is 0 Å². The van der Waals surface area contributed by atoms with Crippen LogP contribution in [0.3, 0.4) is 0 Å². The standard InChI is InChI=1S/C17H15ClN2/c1-11-7-8-13(15(18)10-11)16(19)14-6-2-4-12-5-3-9-20-17(12)14/h2-10,16H,19H2,1H3. The van der Waals surface area contributed by atoms with Crippen molar-refractivity contribution in [3.63, 3.8) is 0 Å². The van der Waals surface area contributed by atoms with Gasteiger partial charge in [-0.05, 0) is 35.7 Å². The maximum absolute atomic E-state index is 6.41. The molecule has 3 heteroatoms. The van der Waals surface area contributed by atoms with Crippen molar-refractivity contribution < 1.29 is 0 Å². The number of pyridine rings is 1. The van der Waals surface area contributed by atoms with Gasteiger partial charge in [0.05, 0.1) is 11.6 Å². The summed E-state index contributed by atoms with van der Waals surface area (Å²) in [7, 11) is 0. The van der Waals surface area contributed by atoms with Crippen LogP contribution in [-0.4, -0.2) is 4.98 Å². The molecule has 3 rings (SSSR count). The van der Waals surface area contributed by atoms with Gasteiger partial charge >= 0.3 is 0 Å². The third-order valence-corrected chi connectivity index (χ3v) is 3.82. The number of aryl methyl sites for hydroxylation is 1. The summed E-state index contributed by atoms with van der Waals surface area (Å²) in [6, 6.07) is 15.7. The molecule has 0 amide bonds. The van der Waals surface area contributed by atoms with Crippen LogP contribution in [0.2, 0.25) is 5.02 Å². The molecule has 1 atom stereocenters. The minimum Gasteiger partial charge on any atom is -0.320 e. The minimum atomic E-state index is -0.276. The number of benzene rings is 2. The number of hydrogen-bond donors (Lipinski definition) is 1. The number of aromatic nitrogens is 1. The fourth-order valence-electron chi connectivity index (χ4n) is 2.43. The van der Waals surface area contributed by atoms with E-state index in [2.05, 4.69) is 4.98 Å². The number of nitrogens with zero attached hydrogens (tertiary/aromatic N) is 1. The van der Waals surface area contributed by atoms with Crippen LogP contribution >= 0.6 is 11.6 Å². The zero-order chi connectivity index (χ0) is 14.1. The zero-order valence-corrected chi connectivity index (χ0v) is 11.9. The summed E-state index contributed by atoms with van der Waals surface area (Å²) in [5.41, 5.74) is 10.4. The lowest BCUT2D eigenvalue weighted by molar-refractivity contribution is 0.877. The van der Waals surface area contributed by atoms with Gasteiger partial charge in [0, 0.05) is 16.6 Å². The highest BCUT2D eigenvalue weighted by Crippen LogP contribution is 2.30. The van der Waals surface area contributed by atoms with Crippen LogP contribution in [0.15, 0.2) is 54.7 Å². The molecular formula is C17H15ClN2. The summed E-state index contributed by atoms with van der Waals surface area (Å²) < 4.78 is 0. The molecule has 1 heterocycles. The number of para-hydroxylation sites is 1. The maximum Gasteiger partial charge on any atom is 0.0753 e. The van der Waals surface area contributed by atoms with Gasteiger partial charge in [-0.15, -0.1) is 0 Å². The molecule has 2 nitrogen and oxygen atoms in total. The van der Waals surface area contributed by atoms with Crippen molar-refractivity contribution in [2.45, 2.75) is 13.0 Å². The first-order valence-corrected chi connectivity index (χ1v) is 6.90. The predicted molar refractivity (Wildman–Crippen MR) is 84.0 cm³/mol. The molecule has 1 unspecified atom stereocenters. The molecule has 20 heavy (non-hydrogen) atoms. The van der Waals surface area contributed by atoms with Crippen molar-refractivity contribution >= 4 is 22.5 Å². The second-order valence-corrected chi connectivity index (χ2v) is 5.33. The van der Waals surface area contributed by atoms with Gasteiger partial charge in [-0.1, -0.05) is 48.0 Å². The highest BCUT2D eigenvalue weighted by Gasteiger charge is 2.15. The van der Waals surface area contributed by atoms with E-state index in [1.54, 1.807) is 6.20 Å². The van der Waals surface area contributed by atoms with Gasteiger partial charge in [-0.2, -0.15) is 0 Å². The normalized spacial score (nSPS) is 12.6. The van der Waals surface area contributed by atoms with Crippen molar-refractivity contribution in [3.8, 4) is 0 Å². The summed E-state index contributed by atoms with van der Waals surface area (Å²) in [4.78, 5) is 4.45. The SMILES string of the molecule is Cc1ccc(C(N)c2cccc3cccnc23)c(Cl)c1. The quantitative estimate of drug-likeness (QED) is 0.763. The zero-order valence-electron chi connectivity index (χ0n) is 11.2. The Morgan fingerprint density at radius 2 is 1.85 bits per heavy atom. The third-order valence-electron chi connectivity index (χ3n) is 3.49. The summed E-state index contributed by atoms with van der Waals surface area (Å²) in [6.45, 7) is 2.01. The Kier molecular flexibility index (Phi) is 3.43. The number of rotatable bonds is 2. The first-order chi connectivity index (χ1) is 9.66. The van der Waals surface area contributed by atoms with Gasteiger partial charge in [0.1, 0.15) is 0 Å². The molecule has 0 aliphatic heterocycles. The molecule has 2 N–H and O–H groups in total. The largest absolute Gasteiger partial charge is 0.320 e. The van der Waals surface area contributed by atoms with Crippen LogP contribution in [0.5, 0.6) is 0 Å². The lowest BCUT2D eigenvalue weighted by Crippen LogP contribution is -2.13. The van der Waals surface area contributed by atoms with Crippen LogP contribution in [0.25, 0.3) is 10.9 Å². The van der Waals surface area contributed by atoms with E-state index in [0.717, 1.165) is 27.6 Å². The molecule has 100 valence electrons. The van der Waals surface area contributed by atoms with Crippen LogP contribution in [0.1, 0.15) is 22.7 Å². The van der Waals surface area contributed by atoms with E-state index in [0.29, 0.717) is 5.02 Å². The minimum absolute atomic E-state index is 0.276. The number of fused-ring (bicyclic) bond motifs is 1. The molecule has 1 aromatic heterocycles. The van der Waals surface area contributed by atoms with Crippen molar-refractivity contribution in [1.29, 1.82) is 0 Å². The molecule has 0 saturated heterocycles. The highest BCUT2D eigenvalue weighted by atomic mass is 35.5. The van der Waals surface area contributed by atoms with Gasteiger partial charge in [-0.3, -0.25) is 4.98 Å². The van der Waals surface area contributed by atoms with Crippen molar-refractivity contribution in [2.75, 3.05) is 0 Å². The molecule has 0 radical (unpaired) electrons. The number of hydrogen-bond acceptors (Lipinski definition) is 2. The summed E-state index contributed by atoms with van der Waals surface area (Å²) in [5.74, 6) is 0. The Balaban J connectivity index is 2.15. The molecule has 0 aliphatic rings. The van der Waals surface area contributed by atoms with Gasteiger partial charge in [0.2, 0.25) is 0 Å². The Morgan fingerprint density at radius 1 is 1.05 bits per heavy atom. The second kappa shape index (κ2) is 5.23. The van der Waals surface area contributed by atoms with Crippen molar-refractivity contribution in [3.05, 3.63) is 76.4 Å². The Morgan fingerprint density at radius 3 is 2.65 bits per heavy atom. The molecule has 0 bridgehead atoms. The molecular weight excluding hydrogens is 268 g/mol. The molecule has 0 saturated carbocycles. The first-order valence-electron chi connectivity index (χ1n) is 6.52. The fraction of sp³-hybridized carbons (Fsp3) is 0.118. The van der Waals surface area contributed by atoms with Gasteiger partial charge < -0.3 is 5.73 Å².